The molecular formula is C20H23N3O3S. The number of sulfone groups is 1. The van der Waals surface area contributed by atoms with Gasteiger partial charge < -0.3 is 10.4 Å². The fraction of sp³-hybridized carbons (Fsp3) is 0.300. The van der Waals surface area contributed by atoms with Crippen LogP contribution in [-0.2, 0) is 16.3 Å². The molecule has 3 aromatic rings. The SMILES string of the molecule is Cc1ccc(CC(CO)CNc2ncnc3ccc(S(C)(=O)=O)cc23)cc1. The highest BCUT2D eigenvalue weighted by atomic mass is 32.2. The third-order valence-electron chi connectivity index (χ3n) is 4.50. The lowest BCUT2D eigenvalue weighted by molar-refractivity contribution is 0.232. The van der Waals surface area contributed by atoms with Crippen LogP contribution in [0.3, 0.4) is 0 Å². The summed E-state index contributed by atoms with van der Waals surface area (Å²) in [5, 5.41) is 13.6. The van der Waals surface area contributed by atoms with Gasteiger partial charge in [-0.2, -0.15) is 0 Å². The summed E-state index contributed by atoms with van der Waals surface area (Å²) in [7, 11) is -3.31. The van der Waals surface area contributed by atoms with Crippen LogP contribution in [0.15, 0.2) is 53.7 Å². The first-order valence-corrected chi connectivity index (χ1v) is 10.6. The standard InChI is InChI=1S/C20H23N3O3S/c1-14-3-5-15(6-4-14)9-16(12-24)11-21-20-18-10-17(27(2,25)26)7-8-19(18)22-13-23-20/h3-8,10,13,16,24H,9,11-12H2,1-2H3,(H,21,22,23). The number of anilines is 1. The Labute approximate surface area is 159 Å². The molecule has 0 aliphatic carbocycles. The van der Waals surface area contributed by atoms with E-state index in [0.717, 1.165) is 12.0 Å². The van der Waals surface area contributed by atoms with E-state index in [4.69, 9.17) is 0 Å². The number of hydrogen-bond donors (Lipinski definition) is 2. The van der Waals surface area contributed by atoms with Gasteiger partial charge >= 0.3 is 0 Å². The summed E-state index contributed by atoms with van der Waals surface area (Å²) >= 11 is 0. The second-order valence-corrected chi connectivity index (χ2v) is 8.81. The van der Waals surface area contributed by atoms with E-state index in [9.17, 15) is 13.5 Å². The van der Waals surface area contributed by atoms with Crippen LogP contribution in [0.2, 0.25) is 0 Å². The molecule has 0 fully saturated rings. The first kappa shape index (κ1) is 19.3. The van der Waals surface area contributed by atoms with Crippen LogP contribution in [-0.4, -0.2) is 42.9 Å². The Morgan fingerprint density at radius 2 is 1.85 bits per heavy atom. The van der Waals surface area contributed by atoms with Crippen molar-refractivity contribution in [2.75, 3.05) is 24.7 Å². The van der Waals surface area contributed by atoms with E-state index in [0.29, 0.717) is 23.3 Å². The zero-order valence-corrected chi connectivity index (χ0v) is 16.2. The number of aliphatic hydroxyl groups excluding tert-OH is 1. The van der Waals surface area contributed by atoms with Gasteiger partial charge in [0.25, 0.3) is 0 Å². The summed E-state index contributed by atoms with van der Waals surface area (Å²) in [4.78, 5) is 8.68. The number of aromatic nitrogens is 2. The lowest BCUT2D eigenvalue weighted by atomic mass is 9.99. The molecule has 2 N–H and O–H groups in total. The summed E-state index contributed by atoms with van der Waals surface area (Å²) in [5.41, 5.74) is 3.03. The van der Waals surface area contributed by atoms with Crippen molar-refractivity contribution in [1.82, 2.24) is 9.97 Å². The number of aryl methyl sites for hydroxylation is 1. The second-order valence-electron chi connectivity index (χ2n) is 6.79. The molecule has 0 radical (unpaired) electrons. The van der Waals surface area contributed by atoms with Gasteiger partial charge in [0, 0.05) is 30.7 Å². The van der Waals surface area contributed by atoms with Crippen molar-refractivity contribution in [3.05, 3.63) is 59.9 Å². The summed E-state index contributed by atoms with van der Waals surface area (Å²) in [5.74, 6) is 0.573. The number of fused-ring (bicyclic) bond motifs is 1. The molecule has 0 aliphatic rings. The van der Waals surface area contributed by atoms with Crippen LogP contribution in [0.4, 0.5) is 5.82 Å². The first-order valence-electron chi connectivity index (χ1n) is 8.72. The van der Waals surface area contributed by atoms with Gasteiger partial charge in [-0.05, 0) is 37.1 Å². The molecule has 1 heterocycles. The minimum atomic E-state index is -3.31. The van der Waals surface area contributed by atoms with E-state index in [2.05, 4.69) is 39.6 Å². The topological polar surface area (TPSA) is 92.2 Å². The van der Waals surface area contributed by atoms with Gasteiger partial charge in [-0.25, -0.2) is 18.4 Å². The van der Waals surface area contributed by atoms with Crippen LogP contribution in [0.25, 0.3) is 10.9 Å². The van der Waals surface area contributed by atoms with E-state index >= 15 is 0 Å². The van der Waals surface area contributed by atoms with Gasteiger partial charge in [0.1, 0.15) is 12.1 Å². The molecule has 0 aliphatic heterocycles. The van der Waals surface area contributed by atoms with E-state index < -0.39 is 9.84 Å². The summed E-state index contributed by atoms with van der Waals surface area (Å²) < 4.78 is 23.7. The van der Waals surface area contributed by atoms with E-state index in [1.54, 1.807) is 18.2 Å². The highest BCUT2D eigenvalue weighted by Crippen LogP contribution is 2.23. The molecule has 142 valence electrons. The zero-order chi connectivity index (χ0) is 19.4. The highest BCUT2D eigenvalue weighted by molar-refractivity contribution is 7.90. The quantitative estimate of drug-likeness (QED) is 0.649. The van der Waals surface area contributed by atoms with Crippen molar-refractivity contribution in [1.29, 1.82) is 0 Å². The van der Waals surface area contributed by atoms with Gasteiger partial charge in [0.15, 0.2) is 9.84 Å². The van der Waals surface area contributed by atoms with Crippen molar-refractivity contribution in [3.8, 4) is 0 Å². The van der Waals surface area contributed by atoms with Gasteiger partial charge in [-0.3, -0.25) is 0 Å². The zero-order valence-electron chi connectivity index (χ0n) is 15.4. The van der Waals surface area contributed by atoms with Gasteiger partial charge in [0.05, 0.1) is 10.4 Å². The molecule has 7 heteroatoms. The number of hydrogen-bond acceptors (Lipinski definition) is 6. The maximum Gasteiger partial charge on any atom is 0.175 e. The summed E-state index contributed by atoms with van der Waals surface area (Å²) in [6, 6.07) is 13.0. The summed E-state index contributed by atoms with van der Waals surface area (Å²) in [6.07, 6.45) is 3.36. The lowest BCUT2D eigenvalue weighted by Crippen LogP contribution is -2.21. The predicted molar refractivity (Wildman–Crippen MR) is 107 cm³/mol. The molecule has 0 amide bonds. The average Bonchev–Trinajstić information content (AvgIpc) is 2.65. The predicted octanol–water partition coefficient (Wildman–Crippen LogP) is 2.60. The maximum absolute atomic E-state index is 11.8. The summed E-state index contributed by atoms with van der Waals surface area (Å²) in [6.45, 7) is 2.60. The molecule has 1 unspecified atom stereocenters. The number of nitrogens with one attached hydrogen (secondary N) is 1. The van der Waals surface area contributed by atoms with Crippen molar-refractivity contribution in [2.24, 2.45) is 5.92 Å². The molecule has 0 saturated carbocycles. The van der Waals surface area contributed by atoms with Crippen molar-refractivity contribution < 1.29 is 13.5 Å². The average molecular weight is 385 g/mol. The third-order valence-corrected chi connectivity index (χ3v) is 5.61. The first-order chi connectivity index (χ1) is 12.9. The molecule has 3 rings (SSSR count). The number of aliphatic hydroxyl groups is 1. The van der Waals surface area contributed by atoms with Crippen LogP contribution < -0.4 is 5.32 Å². The normalized spacial score (nSPS) is 12.9. The molecule has 0 saturated heterocycles. The number of benzene rings is 2. The fourth-order valence-electron chi connectivity index (χ4n) is 2.91. The molecular weight excluding hydrogens is 362 g/mol. The van der Waals surface area contributed by atoms with E-state index in [1.807, 2.05) is 6.92 Å². The Balaban J connectivity index is 1.79. The molecule has 1 atom stereocenters. The molecule has 1 aromatic heterocycles. The monoisotopic (exact) mass is 385 g/mol. The van der Waals surface area contributed by atoms with Crippen LogP contribution in [0.5, 0.6) is 0 Å². The van der Waals surface area contributed by atoms with Crippen LogP contribution in [0.1, 0.15) is 11.1 Å². The largest absolute Gasteiger partial charge is 0.396 e. The maximum atomic E-state index is 11.8. The molecule has 0 spiro atoms. The molecule has 2 aromatic carbocycles. The molecule has 0 bridgehead atoms. The molecule has 27 heavy (non-hydrogen) atoms. The number of nitrogens with zero attached hydrogens (tertiary/aromatic N) is 2. The van der Waals surface area contributed by atoms with Crippen molar-refractivity contribution in [3.63, 3.8) is 0 Å². The second kappa shape index (κ2) is 8.02. The van der Waals surface area contributed by atoms with Gasteiger partial charge in [-0.15, -0.1) is 0 Å². The van der Waals surface area contributed by atoms with E-state index in [-0.39, 0.29) is 17.4 Å². The van der Waals surface area contributed by atoms with E-state index in [1.165, 1.54) is 18.1 Å². The minimum absolute atomic E-state index is 0.0100. The van der Waals surface area contributed by atoms with Gasteiger partial charge in [0.2, 0.25) is 0 Å². The Bertz CT molecular complexity index is 1030. The smallest absolute Gasteiger partial charge is 0.175 e. The Morgan fingerprint density at radius 3 is 2.52 bits per heavy atom. The fourth-order valence-corrected chi connectivity index (χ4v) is 3.55. The minimum Gasteiger partial charge on any atom is -0.396 e. The Morgan fingerprint density at radius 1 is 1.11 bits per heavy atom. The van der Waals surface area contributed by atoms with Crippen LogP contribution >= 0.6 is 0 Å². The van der Waals surface area contributed by atoms with Crippen molar-refractivity contribution >= 4 is 26.6 Å². The highest BCUT2D eigenvalue weighted by Gasteiger charge is 2.13. The number of rotatable bonds is 7. The Hall–Kier alpha value is -2.51. The van der Waals surface area contributed by atoms with Crippen LogP contribution in [0, 0.1) is 12.8 Å². The molecule has 6 nitrogen and oxygen atoms in total. The lowest BCUT2D eigenvalue weighted by Gasteiger charge is -2.16. The Kier molecular flexibility index (Phi) is 5.72. The third kappa shape index (κ3) is 4.81. The van der Waals surface area contributed by atoms with Gasteiger partial charge in [-0.1, -0.05) is 29.8 Å². The van der Waals surface area contributed by atoms with Crippen molar-refractivity contribution in [2.45, 2.75) is 18.2 Å².